The number of hydrogen-bond acceptors (Lipinski definition) is 3. The van der Waals surface area contributed by atoms with Crippen LogP contribution < -0.4 is 10.6 Å². The fraction of sp³-hybridized carbons (Fsp3) is 0.364. The fourth-order valence-electron chi connectivity index (χ4n) is 3.44. The molecule has 0 unspecified atom stereocenters. The summed E-state index contributed by atoms with van der Waals surface area (Å²) in [5, 5.41) is 14.7. The minimum atomic E-state index is -0.952. The number of rotatable bonds is 7. The van der Waals surface area contributed by atoms with Crippen LogP contribution in [0.2, 0.25) is 0 Å². The molecule has 3 N–H and O–H groups in total. The van der Waals surface area contributed by atoms with Crippen LogP contribution >= 0.6 is 0 Å². The molecule has 3 rings (SSSR count). The molecular formula is C22H27N3O3. The van der Waals surface area contributed by atoms with Crippen LogP contribution in [0.5, 0.6) is 0 Å². The normalized spacial score (nSPS) is 15.1. The lowest BCUT2D eigenvalue weighted by Gasteiger charge is -2.32. The predicted molar refractivity (Wildman–Crippen MR) is 108 cm³/mol. The smallest absolute Gasteiger partial charge is 0.335 e. The van der Waals surface area contributed by atoms with Crippen LogP contribution in [-0.2, 0) is 13.1 Å². The highest BCUT2D eigenvalue weighted by Gasteiger charge is 2.19. The van der Waals surface area contributed by atoms with Gasteiger partial charge in [0.25, 0.3) is 0 Å². The molecule has 0 bridgehead atoms. The zero-order valence-corrected chi connectivity index (χ0v) is 15.9. The monoisotopic (exact) mass is 381 g/mol. The zero-order chi connectivity index (χ0) is 19.8. The highest BCUT2D eigenvalue weighted by molar-refractivity contribution is 5.87. The van der Waals surface area contributed by atoms with Gasteiger partial charge >= 0.3 is 12.0 Å². The zero-order valence-electron chi connectivity index (χ0n) is 15.9. The van der Waals surface area contributed by atoms with Gasteiger partial charge in [-0.15, -0.1) is 0 Å². The average molecular weight is 381 g/mol. The van der Waals surface area contributed by atoms with Crippen molar-refractivity contribution in [2.45, 2.75) is 25.9 Å². The molecule has 0 saturated carbocycles. The van der Waals surface area contributed by atoms with Crippen molar-refractivity contribution < 1.29 is 14.7 Å². The van der Waals surface area contributed by atoms with Gasteiger partial charge in [0.2, 0.25) is 0 Å². The first kappa shape index (κ1) is 19.9. The summed E-state index contributed by atoms with van der Waals surface area (Å²) in [6.45, 7) is 4.16. The SMILES string of the molecule is O=C(NCc1ccc(C(=O)O)cc1)NCC1CCN(Cc2ccccc2)CC1. The quantitative estimate of drug-likeness (QED) is 0.688. The third kappa shape index (κ3) is 6.09. The summed E-state index contributed by atoms with van der Waals surface area (Å²) in [6.07, 6.45) is 2.17. The van der Waals surface area contributed by atoms with Crippen molar-refractivity contribution >= 4 is 12.0 Å². The Labute approximate surface area is 165 Å². The average Bonchev–Trinajstić information content (AvgIpc) is 2.73. The van der Waals surface area contributed by atoms with Gasteiger partial charge in [0.15, 0.2) is 0 Å². The Morgan fingerprint density at radius 2 is 1.61 bits per heavy atom. The Bertz CT molecular complexity index is 769. The number of carboxylic acids is 1. The minimum absolute atomic E-state index is 0.186. The number of likely N-dealkylation sites (tertiary alicyclic amines) is 1. The van der Waals surface area contributed by atoms with E-state index < -0.39 is 5.97 Å². The summed E-state index contributed by atoms with van der Waals surface area (Å²) in [5.41, 5.74) is 2.45. The number of carboxylic acid groups (broad SMARTS) is 1. The van der Waals surface area contributed by atoms with Crippen LogP contribution in [0, 0.1) is 5.92 Å². The number of aromatic carboxylic acids is 1. The maximum absolute atomic E-state index is 12.0. The number of carbonyl (C=O) groups excluding carboxylic acids is 1. The van der Waals surface area contributed by atoms with Crippen LogP contribution in [0.1, 0.15) is 34.3 Å². The lowest BCUT2D eigenvalue weighted by Crippen LogP contribution is -2.41. The molecule has 28 heavy (non-hydrogen) atoms. The molecule has 2 aromatic rings. The van der Waals surface area contributed by atoms with E-state index in [-0.39, 0.29) is 11.6 Å². The Balaban J connectivity index is 1.32. The van der Waals surface area contributed by atoms with E-state index in [9.17, 15) is 9.59 Å². The van der Waals surface area contributed by atoms with Crippen molar-refractivity contribution in [3.63, 3.8) is 0 Å². The van der Waals surface area contributed by atoms with E-state index in [0.717, 1.165) is 38.0 Å². The van der Waals surface area contributed by atoms with Crippen molar-refractivity contribution in [1.29, 1.82) is 0 Å². The Morgan fingerprint density at radius 3 is 2.25 bits per heavy atom. The molecule has 0 radical (unpaired) electrons. The first-order chi connectivity index (χ1) is 13.6. The minimum Gasteiger partial charge on any atom is -0.478 e. The Hall–Kier alpha value is -2.86. The summed E-state index contributed by atoms with van der Waals surface area (Å²) in [5.74, 6) is -0.445. The van der Waals surface area contributed by atoms with Gasteiger partial charge in [-0.25, -0.2) is 9.59 Å². The number of nitrogens with zero attached hydrogens (tertiary/aromatic N) is 1. The standard InChI is InChI=1S/C22H27N3O3/c26-21(27)20-8-6-17(7-9-20)14-23-22(28)24-15-18-10-12-25(13-11-18)16-19-4-2-1-3-5-19/h1-9,18H,10-16H2,(H,26,27)(H2,23,24,28). The largest absolute Gasteiger partial charge is 0.478 e. The highest BCUT2D eigenvalue weighted by Crippen LogP contribution is 2.18. The van der Waals surface area contributed by atoms with Crippen LogP contribution in [0.25, 0.3) is 0 Å². The molecule has 2 amide bonds. The van der Waals surface area contributed by atoms with Crippen molar-refractivity contribution in [1.82, 2.24) is 15.5 Å². The lowest BCUT2D eigenvalue weighted by atomic mass is 9.96. The van der Waals surface area contributed by atoms with E-state index in [2.05, 4.69) is 39.8 Å². The first-order valence-electron chi connectivity index (χ1n) is 9.70. The first-order valence-corrected chi connectivity index (χ1v) is 9.70. The van der Waals surface area contributed by atoms with Crippen LogP contribution in [-0.4, -0.2) is 41.6 Å². The lowest BCUT2D eigenvalue weighted by molar-refractivity contribution is 0.0697. The van der Waals surface area contributed by atoms with Gasteiger partial charge in [-0.2, -0.15) is 0 Å². The summed E-state index contributed by atoms with van der Waals surface area (Å²) >= 11 is 0. The van der Waals surface area contributed by atoms with Gasteiger partial charge in [-0.05, 0) is 55.1 Å². The van der Waals surface area contributed by atoms with Crippen molar-refractivity contribution in [3.05, 3.63) is 71.3 Å². The van der Waals surface area contributed by atoms with Gasteiger partial charge in [-0.1, -0.05) is 42.5 Å². The summed E-state index contributed by atoms with van der Waals surface area (Å²) in [7, 11) is 0. The van der Waals surface area contributed by atoms with E-state index in [1.165, 1.54) is 5.56 Å². The molecular weight excluding hydrogens is 354 g/mol. The number of carbonyl (C=O) groups is 2. The molecule has 0 aliphatic carbocycles. The van der Waals surface area contributed by atoms with Gasteiger partial charge in [0.1, 0.15) is 0 Å². The van der Waals surface area contributed by atoms with E-state index >= 15 is 0 Å². The number of nitrogens with one attached hydrogen (secondary N) is 2. The van der Waals surface area contributed by atoms with Gasteiger partial charge < -0.3 is 15.7 Å². The Kier molecular flexibility index (Phi) is 7.03. The van der Waals surface area contributed by atoms with E-state index in [0.29, 0.717) is 19.0 Å². The fourth-order valence-corrected chi connectivity index (χ4v) is 3.44. The summed E-state index contributed by atoms with van der Waals surface area (Å²) < 4.78 is 0. The van der Waals surface area contributed by atoms with Crippen molar-refractivity contribution in [2.75, 3.05) is 19.6 Å². The molecule has 0 spiro atoms. The number of piperidine rings is 1. The molecule has 1 aliphatic heterocycles. The third-order valence-corrected chi connectivity index (χ3v) is 5.16. The molecule has 2 aromatic carbocycles. The number of benzene rings is 2. The second-order valence-electron chi connectivity index (χ2n) is 7.27. The molecule has 6 nitrogen and oxygen atoms in total. The van der Waals surface area contributed by atoms with Crippen LogP contribution in [0.4, 0.5) is 4.79 Å². The highest BCUT2D eigenvalue weighted by atomic mass is 16.4. The maximum atomic E-state index is 12.0. The van der Waals surface area contributed by atoms with E-state index in [4.69, 9.17) is 5.11 Å². The molecule has 1 fully saturated rings. The van der Waals surface area contributed by atoms with E-state index in [1.54, 1.807) is 24.3 Å². The molecule has 1 saturated heterocycles. The third-order valence-electron chi connectivity index (χ3n) is 5.16. The second-order valence-corrected chi connectivity index (χ2v) is 7.27. The van der Waals surface area contributed by atoms with Gasteiger partial charge in [0, 0.05) is 19.6 Å². The molecule has 148 valence electrons. The molecule has 1 aliphatic rings. The van der Waals surface area contributed by atoms with Gasteiger partial charge in [-0.3, -0.25) is 4.90 Å². The number of hydrogen-bond donors (Lipinski definition) is 3. The summed E-state index contributed by atoms with van der Waals surface area (Å²) in [4.78, 5) is 25.3. The molecule has 0 aromatic heterocycles. The van der Waals surface area contributed by atoms with Gasteiger partial charge in [0.05, 0.1) is 5.56 Å². The maximum Gasteiger partial charge on any atom is 0.335 e. The Morgan fingerprint density at radius 1 is 0.929 bits per heavy atom. The topological polar surface area (TPSA) is 81.7 Å². The van der Waals surface area contributed by atoms with Crippen LogP contribution in [0.15, 0.2) is 54.6 Å². The molecule has 0 atom stereocenters. The van der Waals surface area contributed by atoms with Crippen molar-refractivity contribution in [3.8, 4) is 0 Å². The number of urea groups is 1. The molecule has 1 heterocycles. The molecule has 6 heteroatoms. The van der Waals surface area contributed by atoms with Crippen LogP contribution in [0.3, 0.4) is 0 Å². The van der Waals surface area contributed by atoms with E-state index in [1.807, 2.05) is 6.07 Å². The predicted octanol–water partition coefficient (Wildman–Crippen LogP) is 3.10. The summed E-state index contributed by atoms with van der Waals surface area (Å²) in [6, 6.07) is 16.8. The second kappa shape index (κ2) is 9.90. The number of amides is 2. The van der Waals surface area contributed by atoms with Crippen molar-refractivity contribution in [2.24, 2.45) is 5.92 Å².